The van der Waals surface area contributed by atoms with Crippen LogP contribution in [-0.2, 0) is 10.2 Å². The van der Waals surface area contributed by atoms with Crippen molar-refractivity contribution >= 4 is 15.9 Å². The van der Waals surface area contributed by atoms with Gasteiger partial charge in [0.15, 0.2) is 0 Å². The molecule has 0 unspecified atom stereocenters. The minimum atomic E-state index is -0.315. The normalized spacial score (nSPS) is 17.6. The van der Waals surface area contributed by atoms with Crippen LogP contribution in [0.5, 0.6) is 0 Å². The van der Waals surface area contributed by atoms with E-state index in [4.69, 9.17) is 10.00 Å². The third kappa shape index (κ3) is 3.17. The summed E-state index contributed by atoms with van der Waals surface area (Å²) in [6.07, 6.45) is 0. The molecule has 1 aliphatic rings. The number of nitriles is 1. The van der Waals surface area contributed by atoms with Crippen LogP contribution < -0.4 is 5.32 Å². The number of ether oxygens (including phenoxy) is 1. The Morgan fingerprint density at radius 1 is 1.42 bits per heavy atom. The molecule has 1 aromatic rings. The molecule has 0 aliphatic carbocycles. The fourth-order valence-electron chi connectivity index (χ4n) is 2.27. The van der Waals surface area contributed by atoms with Gasteiger partial charge in [0.05, 0.1) is 19.3 Å². The zero-order valence-corrected chi connectivity index (χ0v) is 13.0. The lowest BCUT2D eigenvalue weighted by Gasteiger charge is -2.36. The van der Waals surface area contributed by atoms with Crippen LogP contribution in [-0.4, -0.2) is 26.3 Å². The quantitative estimate of drug-likeness (QED) is 0.906. The summed E-state index contributed by atoms with van der Waals surface area (Å²) < 4.78 is 6.27. The van der Waals surface area contributed by atoms with Gasteiger partial charge in [0.1, 0.15) is 5.41 Å². The number of hydrogen-bond donors (Lipinski definition) is 1. The average Bonchev–Trinajstić information content (AvgIpc) is 2.33. The van der Waals surface area contributed by atoms with Crippen LogP contribution in [0.3, 0.4) is 0 Å². The summed E-state index contributed by atoms with van der Waals surface area (Å²) in [5, 5.41) is 12.6. The minimum absolute atomic E-state index is 0.0152. The number of nitrogens with one attached hydrogen (secondary N) is 1. The summed E-state index contributed by atoms with van der Waals surface area (Å²) in [5.74, 6) is 0. The van der Waals surface area contributed by atoms with Gasteiger partial charge in [-0.15, -0.1) is 0 Å². The van der Waals surface area contributed by atoms with Gasteiger partial charge in [0.25, 0.3) is 0 Å². The third-order valence-electron chi connectivity index (χ3n) is 3.63. The van der Waals surface area contributed by atoms with Crippen LogP contribution in [0.25, 0.3) is 0 Å². The molecular weight excluding hydrogens is 304 g/mol. The van der Waals surface area contributed by atoms with Crippen molar-refractivity contribution in [2.45, 2.75) is 19.3 Å². The maximum Gasteiger partial charge on any atom is 0.116 e. The molecule has 1 heterocycles. The summed E-state index contributed by atoms with van der Waals surface area (Å²) in [5.41, 5.74) is 0.976. The topological polar surface area (TPSA) is 45.0 Å². The van der Waals surface area contributed by atoms with E-state index in [9.17, 15) is 0 Å². The molecule has 0 bridgehead atoms. The van der Waals surface area contributed by atoms with E-state index >= 15 is 0 Å². The molecule has 1 saturated heterocycles. The van der Waals surface area contributed by atoms with Gasteiger partial charge in [-0.1, -0.05) is 48.0 Å². The zero-order chi connectivity index (χ0) is 13.9. The molecule has 102 valence electrons. The van der Waals surface area contributed by atoms with Crippen LogP contribution in [0.4, 0.5) is 0 Å². The summed E-state index contributed by atoms with van der Waals surface area (Å²) in [7, 11) is 0. The number of hydrogen-bond acceptors (Lipinski definition) is 3. The summed E-state index contributed by atoms with van der Waals surface area (Å²) in [6, 6.07) is 10.6. The monoisotopic (exact) mass is 322 g/mol. The smallest absolute Gasteiger partial charge is 0.116 e. The van der Waals surface area contributed by atoms with Crippen LogP contribution in [0.15, 0.2) is 28.7 Å². The Morgan fingerprint density at radius 3 is 2.63 bits per heavy atom. The molecule has 1 N–H and O–H groups in total. The van der Waals surface area contributed by atoms with Gasteiger partial charge in [-0.05, 0) is 11.6 Å². The van der Waals surface area contributed by atoms with Crippen LogP contribution in [0, 0.1) is 16.7 Å². The fourth-order valence-corrected chi connectivity index (χ4v) is 3.10. The van der Waals surface area contributed by atoms with E-state index < -0.39 is 0 Å². The van der Waals surface area contributed by atoms with Gasteiger partial charge in [-0.3, -0.25) is 0 Å². The Balaban J connectivity index is 1.95. The van der Waals surface area contributed by atoms with Crippen molar-refractivity contribution in [3.05, 3.63) is 34.3 Å². The highest BCUT2D eigenvalue weighted by molar-refractivity contribution is 9.10. The minimum Gasteiger partial charge on any atom is -0.378 e. The van der Waals surface area contributed by atoms with Crippen molar-refractivity contribution in [1.29, 1.82) is 5.26 Å². The van der Waals surface area contributed by atoms with E-state index in [-0.39, 0.29) is 10.8 Å². The van der Waals surface area contributed by atoms with Crippen molar-refractivity contribution in [3.8, 4) is 6.07 Å². The third-order valence-corrected chi connectivity index (χ3v) is 4.32. The second-order valence-corrected chi connectivity index (χ2v) is 6.71. The molecule has 0 radical (unpaired) electrons. The standard InChI is InChI=1S/C15H19BrN2O/c1-14(2,12-5-3-4-6-13(12)16)8-18-9-15(7-17)10-19-11-15/h3-6,18H,8-11H2,1-2H3. The highest BCUT2D eigenvalue weighted by atomic mass is 79.9. The molecule has 1 aromatic carbocycles. The summed E-state index contributed by atoms with van der Waals surface area (Å²) >= 11 is 3.60. The van der Waals surface area contributed by atoms with Crippen molar-refractivity contribution in [1.82, 2.24) is 5.32 Å². The van der Waals surface area contributed by atoms with Gasteiger partial charge >= 0.3 is 0 Å². The Morgan fingerprint density at radius 2 is 2.11 bits per heavy atom. The first-order valence-corrected chi connectivity index (χ1v) is 7.23. The average molecular weight is 323 g/mol. The van der Waals surface area contributed by atoms with Crippen LogP contribution in [0.2, 0.25) is 0 Å². The van der Waals surface area contributed by atoms with Crippen molar-refractivity contribution in [2.75, 3.05) is 26.3 Å². The lowest BCUT2D eigenvalue weighted by atomic mass is 9.83. The molecule has 0 amide bonds. The molecular formula is C15H19BrN2O. The van der Waals surface area contributed by atoms with Crippen molar-refractivity contribution in [2.24, 2.45) is 5.41 Å². The molecule has 0 atom stereocenters. The maximum atomic E-state index is 9.15. The second-order valence-electron chi connectivity index (χ2n) is 5.85. The van der Waals surface area contributed by atoms with E-state index in [0.29, 0.717) is 19.8 Å². The molecule has 1 aliphatic heterocycles. The molecule has 0 saturated carbocycles. The fraction of sp³-hybridized carbons (Fsp3) is 0.533. The number of nitrogens with zero attached hydrogens (tertiary/aromatic N) is 1. The van der Waals surface area contributed by atoms with Gasteiger partial charge < -0.3 is 10.1 Å². The van der Waals surface area contributed by atoms with E-state index in [1.165, 1.54) is 5.56 Å². The Kier molecular flexibility index (Phi) is 4.29. The molecule has 1 fully saturated rings. The summed E-state index contributed by atoms with van der Waals surface area (Å²) in [4.78, 5) is 0. The zero-order valence-electron chi connectivity index (χ0n) is 11.4. The first-order chi connectivity index (χ1) is 8.99. The lowest BCUT2D eigenvalue weighted by Crippen LogP contribution is -2.50. The van der Waals surface area contributed by atoms with Gasteiger partial charge in [0.2, 0.25) is 0 Å². The van der Waals surface area contributed by atoms with Crippen molar-refractivity contribution < 1.29 is 4.74 Å². The maximum absolute atomic E-state index is 9.15. The van der Waals surface area contributed by atoms with E-state index in [2.05, 4.69) is 59.4 Å². The Bertz CT molecular complexity index is 489. The molecule has 19 heavy (non-hydrogen) atoms. The first kappa shape index (κ1) is 14.5. The largest absolute Gasteiger partial charge is 0.378 e. The van der Waals surface area contributed by atoms with Gasteiger partial charge in [-0.25, -0.2) is 0 Å². The Hall–Kier alpha value is -0.890. The van der Waals surface area contributed by atoms with Crippen LogP contribution >= 0.6 is 15.9 Å². The molecule has 4 heteroatoms. The van der Waals surface area contributed by atoms with E-state index in [0.717, 1.165) is 11.0 Å². The first-order valence-electron chi connectivity index (χ1n) is 6.44. The number of rotatable bonds is 5. The molecule has 2 rings (SSSR count). The number of halogens is 1. The number of benzene rings is 1. The predicted molar refractivity (Wildman–Crippen MR) is 78.9 cm³/mol. The molecule has 0 spiro atoms. The van der Waals surface area contributed by atoms with E-state index in [1.807, 2.05) is 6.07 Å². The lowest BCUT2D eigenvalue weighted by molar-refractivity contribution is -0.0756. The van der Waals surface area contributed by atoms with E-state index in [1.54, 1.807) is 0 Å². The van der Waals surface area contributed by atoms with Crippen molar-refractivity contribution in [3.63, 3.8) is 0 Å². The SMILES string of the molecule is CC(C)(CNCC1(C#N)COC1)c1ccccc1Br. The molecule has 0 aromatic heterocycles. The highest BCUT2D eigenvalue weighted by Crippen LogP contribution is 2.30. The predicted octanol–water partition coefficient (Wildman–Crippen LogP) is 2.86. The molecule has 3 nitrogen and oxygen atoms in total. The van der Waals surface area contributed by atoms with Gasteiger partial charge in [-0.2, -0.15) is 5.26 Å². The summed E-state index contributed by atoms with van der Waals surface area (Å²) in [6.45, 7) is 7.03. The highest BCUT2D eigenvalue weighted by Gasteiger charge is 2.39. The Labute approximate surface area is 123 Å². The van der Waals surface area contributed by atoms with Gasteiger partial charge in [0, 0.05) is 23.0 Å². The second kappa shape index (κ2) is 5.62. The van der Waals surface area contributed by atoms with Crippen LogP contribution in [0.1, 0.15) is 19.4 Å².